The number of quaternary nitrogens is 1. The van der Waals surface area contributed by atoms with Crippen molar-refractivity contribution < 1.29 is 128 Å². The standard InChI is InChI=1S/C98H173Cl2N5O21.C2HF3O2/c1-5-7-9-11-13-15-17-19-21-23-25-27-29-31-33-37-55-125-85-88(126-56-38-34-32-30-28-26-24-22-20-18-16-14-12-10-8-6-2)84-105(3,4)54-40-52-101-92(106)47-57-112-59-61-114-63-65-116-67-69-118-71-73-120-75-77-122-79-81-124-82-80-123-78-76-121-74-72-119-70-68-117-66-64-115-62-60-113-58-48-93(107)102-53-51-98(49-35-36-50-98)97(111)104-91(96(109)110)83-86-43-45-87(46-44-86)103-95(108)94-89(99)41-39-42-90(94)100;3-2(4,5)1(6)7/h39,41-46,88,91H,5-38,40,47-85H2,1-4H3,(H4-,101,102,103,104,106,107,108,109,110,111);(H,6,7)/t88?,91-;/m0./s1. The summed E-state index contributed by atoms with van der Waals surface area (Å²) in [5.74, 6) is -5.20. The zero-order valence-electron chi connectivity index (χ0n) is 81.8. The maximum Gasteiger partial charge on any atom is 0.430 e. The number of benzene rings is 2. The molecule has 1 aliphatic carbocycles. The lowest BCUT2D eigenvalue weighted by Gasteiger charge is -2.33. The van der Waals surface area contributed by atoms with Crippen LogP contribution in [0.1, 0.15) is 287 Å². The predicted molar refractivity (Wildman–Crippen MR) is 513 cm³/mol. The Kier molecular flexibility index (Phi) is 81.4. The number of carbonyl (C=O) groups excluding carboxylic acids is 5. The first-order chi connectivity index (χ1) is 64.6. The highest BCUT2D eigenvalue weighted by atomic mass is 35.5. The summed E-state index contributed by atoms with van der Waals surface area (Å²) >= 11 is 12.4. The van der Waals surface area contributed by atoms with Gasteiger partial charge in [0.2, 0.25) is 17.7 Å². The van der Waals surface area contributed by atoms with Crippen LogP contribution in [-0.4, -0.2) is 295 Å². The van der Waals surface area contributed by atoms with Crippen LogP contribution in [-0.2, 0) is 101 Å². The number of hydrogen-bond acceptors (Lipinski definition) is 22. The molecule has 0 heterocycles. The van der Waals surface area contributed by atoms with Crippen molar-refractivity contribution in [3.8, 4) is 0 Å². The van der Waals surface area contributed by atoms with E-state index in [1.807, 2.05) is 0 Å². The average Bonchev–Trinajstić information content (AvgIpc) is 1.73. The third-order valence-corrected chi connectivity index (χ3v) is 23.4. The van der Waals surface area contributed by atoms with Crippen LogP contribution in [0, 0.1) is 5.41 Å². The van der Waals surface area contributed by atoms with Crippen LogP contribution in [0.15, 0.2) is 42.5 Å². The maximum atomic E-state index is 13.7. The van der Waals surface area contributed by atoms with E-state index < -0.39 is 35.5 Å². The molecular formula is C100H174Cl2F3N5O23. The Hall–Kier alpha value is -5.01. The van der Waals surface area contributed by atoms with Crippen molar-refractivity contribution in [3.05, 3.63) is 63.6 Å². The van der Waals surface area contributed by atoms with Gasteiger partial charge in [-0.15, -0.1) is 0 Å². The van der Waals surface area contributed by atoms with E-state index in [-0.39, 0.29) is 65.4 Å². The number of halogens is 5. The van der Waals surface area contributed by atoms with Crippen molar-refractivity contribution in [2.75, 3.05) is 237 Å². The Labute approximate surface area is 805 Å². The molecule has 3 rings (SSSR count). The second kappa shape index (κ2) is 87.3. The first-order valence-corrected chi connectivity index (χ1v) is 51.1. The van der Waals surface area contributed by atoms with E-state index in [0.717, 1.165) is 62.9 Å². The van der Waals surface area contributed by atoms with Gasteiger partial charge in [0.1, 0.15) is 24.7 Å². The summed E-state index contributed by atoms with van der Waals surface area (Å²) in [7, 11) is 4.54. The Morgan fingerprint density at radius 3 is 1.08 bits per heavy atom. The maximum absolute atomic E-state index is 13.7. The van der Waals surface area contributed by atoms with E-state index in [4.69, 9.17) is 104 Å². The van der Waals surface area contributed by atoms with Crippen LogP contribution in [0.2, 0.25) is 10.0 Å². The smallest absolute Gasteiger partial charge is 0.430 e. The predicted octanol–water partition coefficient (Wildman–Crippen LogP) is 17.2. The fourth-order valence-corrected chi connectivity index (χ4v) is 15.7. The molecule has 0 bridgehead atoms. The SMILES string of the molecule is CCCCCCCCCCCCCCCCCCOCC(C[N+](C)(C)CCCNC(=O)CCOCCOCCOCCOCCOCCOCCOCCOCCOCCOCCOCCOCCOCCC(=O)NCCC1(C(=O)N[C@@H](Cc2ccc(NC(=O)c3c(Cl)cccc3Cl)cc2)C(=O)O)CCCC1)OCCCCCCCCCCCCCCCCCC.O=C([O-])C(F)(F)F. The minimum atomic E-state index is -5.19. The number of alkyl halides is 3. The largest absolute Gasteiger partial charge is 0.542 e. The molecule has 1 aliphatic rings. The minimum absolute atomic E-state index is 0.00520. The van der Waals surface area contributed by atoms with E-state index in [1.54, 1.807) is 42.5 Å². The second-order valence-electron chi connectivity index (χ2n) is 34.9. The first-order valence-electron chi connectivity index (χ1n) is 50.3. The molecule has 0 aromatic heterocycles. The molecule has 2 atom stereocenters. The number of carboxylic acids is 2. The summed E-state index contributed by atoms with van der Waals surface area (Å²) < 4.78 is 118. The summed E-state index contributed by atoms with van der Waals surface area (Å²) in [5.41, 5.74) is 0.461. The second-order valence-corrected chi connectivity index (χ2v) is 35.7. The topological polar surface area (TPSA) is 332 Å². The number of aliphatic carboxylic acids is 2. The summed E-state index contributed by atoms with van der Waals surface area (Å²) in [6, 6.07) is 10.2. The van der Waals surface area contributed by atoms with Gasteiger partial charge in [0, 0.05) is 57.7 Å². The van der Waals surface area contributed by atoms with Crippen LogP contribution in [0.5, 0.6) is 0 Å². The highest BCUT2D eigenvalue weighted by Crippen LogP contribution is 2.41. The normalized spacial score (nSPS) is 13.1. The van der Waals surface area contributed by atoms with Gasteiger partial charge in [-0.05, 0) is 61.9 Å². The van der Waals surface area contributed by atoms with Crippen LogP contribution < -0.4 is 26.4 Å². The number of carboxylic acid groups (broad SMARTS) is 2. The number of hydrogen-bond donors (Lipinski definition) is 5. The number of anilines is 1. The van der Waals surface area contributed by atoms with E-state index in [2.05, 4.69) is 49.2 Å². The number of unbranched alkanes of at least 4 members (excludes halogenated alkanes) is 30. The molecule has 1 saturated carbocycles. The molecule has 0 aliphatic heterocycles. The molecule has 1 fully saturated rings. The zero-order chi connectivity index (χ0) is 96.7. The molecule has 0 saturated heterocycles. The van der Waals surface area contributed by atoms with Gasteiger partial charge in [0.15, 0.2) is 0 Å². The number of rotatable bonds is 95. The van der Waals surface area contributed by atoms with Crippen molar-refractivity contribution in [2.45, 2.75) is 295 Å². The Balaban J connectivity index is 0.00000819. The third kappa shape index (κ3) is 74.7. The lowest BCUT2D eigenvalue weighted by atomic mass is 9.81. The van der Waals surface area contributed by atoms with Crippen molar-refractivity contribution in [1.82, 2.24) is 16.0 Å². The number of likely N-dealkylation sites (N-methyl/N-ethyl adjacent to an activating group) is 1. The molecule has 33 heteroatoms. The molecule has 28 nitrogen and oxygen atoms in total. The summed E-state index contributed by atoms with van der Waals surface area (Å²) in [4.78, 5) is 72.9. The van der Waals surface area contributed by atoms with Gasteiger partial charge < -0.3 is 112 Å². The molecule has 133 heavy (non-hydrogen) atoms. The summed E-state index contributed by atoms with van der Waals surface area (Å²) in [6.07, 6.45) is 43.2. The first kappa shape index (κ1) is 124. The number of carbonyl (C=O) groups is 6. The molecule has 0 spiro atoms. The fourth-order valence-electron chi connectivity index (χ4n) is 15.1. The van der Waals surface area contributed by atoms with E-state index in [0.29, 0.717) is 215 Å². The van der Waals surface area contributed by atoms with Crippen LogP contribution in [0.3, 0.4) is 0 Å². The van der Waals surface area contributed by atoms with Crippen LogP contribution in [0.25, 0.3) is 0 Å². The highest BCUT2D eigenvalue weighted by molar-refractivity contribution is 6.40. The molecular weight excluding hydrogens is 1770 g/mol. The lowest BCUT2D eigenvalue weighted by molar-refractivity contribution is -0.893. The fraction of sp³-hybridized carbons (Fsp3) is 0.820. The molecule has 2 aromatic carbocycles. The number of nitrogens with one attached hydrogen (secondary N) is 4. The Morgan fingerprint density at radius 1 is 0.429 bits per heavy atom. The summed E-state index contributed by atoms with van der Waals surface area (Å²) in [6.45, 7) is 20.5. The quantitative estimate of drug-likeness (QED) is 0.0303. The molecule has 0 radical (unpaired) electrons. The van der Waals surface area contributed by atoms with Gasteiger partial charge >= 0.3 is 12.1 Å². The highest BCUT2D eigenvalue weighted by Gasteiger charge is 2.42. The van der Waals surface area contributed by atoms with Crippen molar-refractivity contribution >= 4 is 64.5 Å². The van der Waals surface area contributed by atoms with Crippen molar-refractivity contribution in [1.29, 1.82) is 0 Å². The van der Waals surface area contributed by atoms with Crippen molar-refractivity contribution in [2.24, 2.45) is 5.41 Å². The van der Waals surface area contributed by atoms with E-state index >= 15 is 0 Å². The number of ether oxygens (including phenoxy) is 15. The van der Waals surface area contributed by atoms with Gasteiger partial charge in [-0.3, -0.25) is 19.2 Å². The van der Waals surface area contributed by atoms with E-state index in [9.17, 15) is 42.3 Å². The van der Waals surface area contributed by atoms with Crippen LogP contribution >= 0.6 is 23.2 Å². The molecule has 2 aromatic rings. The van der Waals surface area contributed by atoms with Gasteiger partial charge in [0.05, 0.1) is 220 Å². The monoisotopic (exact) mass is 1940 g/mol. The Morgan fingerprint density at radius 2 is 0.744 bits per heavy atom. The molecule has 1 unspecified atom stereocenters. The van der Waals surface area contributed by atoms with Crippen molar-refractivity contribution in [3.63, 3.8) is 0 Å². The average molecular weight is 1940 g/mol. The van der Waals surface area contributed by atoms with E-state index in [1.165, 1.54) is 193 Å². The van der Waals surface area contributed by atoms with Gasteiger partial charge in [-0.25, -0.2) is 4.79 Å². The Bertz CT molecular complexity index is 3080. The molecule has 4 amide bonds. The van der Waals surface area contributed by atoms with Crippen LogP contribution in [0.4, 0.5) is 18.9 Å². The number of nitrogens with zero attached hydrogens (tertiary/aromatic N) is 1. The molecule has 772 valence electrons. The van der Waals surface area contributed by atoms with Gasteiger partial charge in [-0.1, -0.05) is 261 Å². The molecule has 5 N–H and O–H groups in total. The van der Waals surface area contributed by atoms with Gasteiger partial charge in [0.25, 0.3) is 5.91 Å². The minimum Gasteiger partial charge on any atom is -0.542 e. The van der Waals surface area contributed by atoms with Gasteiger partial charge in [-0.2, -0.15) is 13.2 Å². The third-order valence-electron chi connectivity index (χ3n) is 22.8. The summed E-state index contributed by atoms with van der Waals surface area (Å²) in [5, 5.41) is 30.8. The lowest BCUT2D eigenvalue weighted by Crippen LogP contribution is -2.49. The zero-order valence-corrected chi connectivity index (χ0v) is 83.3. The number of amides is 4.